The molecule has 1 heterocycles. The smallest absolute Gasteiger partial charge is 0.0600 e. The zero-order chi connectivity index (χ0) is 11.6. The van der Waals surface area contributed by atoms with E-state index in [4.69, 9.17) is 0 Å². The number of unbranched alkanes of at least 4 members (excludes halogenated alkanes) is 2. The van der Waals surface area contributed by atoms with Gasteiger partial charge < -0.3 is 0 Å². The van der Waals surface area contributed by atoms with Crippen LogP contribution in [0.15, 0.2) is 24.4 Å². The fraction of sp³-hybridized carbons (Fsp3) is 0.615. The molecule has 0 bridgehead atoms. The van der Waals surface area contributed by atoms with Crippen LogP contribution in [0.3, 0.4) is 0 Å². The zero-order valence-corrected chi connectivity index (χ0v) is 12.3. The largest absolute Gasteiger partial charge is 0.261 e. The molecule has 90 valence electrons. The third-order valence-electron chi connectivity index (χ3n) is 2.42. The highest BCUT2D eigenvalue weighted by atomic mass is 79.9. The van der Waals surface area contributed by atoms with Gasteiger partial charge in [0.2, 0.25) is 0 Å². The van der Waals surface area contributed by atoms with E-state index in [0.29, 0.717) is 4.16 Å². The molecule has 0 spiro atoms. The van der Waals surface area contributed by atoms with Gasteiger partial charge in [-0.15, -0.1) is 11.8 Å². The Morgan fingerprint density at radius 1 is 1.38 bits per heavy atom. The first-order chi connectivity index (χ1) is 7.83. The lowest BCUT2D eigenvalue weighted by molar-refractivity contribution is 0.699. The highest BCUT2D eigenvalue weighted by Crippen LogP contribution is 2.24. The molecular weight excluding hydrogens is 282 g/mol. The Labute approximate surface area is 112 Å². The van der Waals surface area contributed by atoms with Crippen molar-refractivity contribution in [2.75, 3.05) is 5.75 Å². The molecule has 0 saturated carbocycles. The zero-order valence-electron chi connectivity index (χ0n) is 9.86. The van der Waals surface area contributed by atoms with Gasteiger partial charge in [-0.2, -0.15) is 0 Å². The van der Waals surface area contributed by atoms with Crippen LogP contribution in [0.2, 0.25) is 0 Å². The molecule has 0 N–H and O–H groups in total. The molecule has 0 saturated heterocycles. The summed E-state index contributed by atoms with van der Waals surface area (Å²) in [6, 6.07) is 6.12. The van der Waals surface area contributed by atoms with Gasteiger partial charge in [0.25, 0.3) is 0 Å². The number of halogens is 1. The van der Waals surface area contributed by atoms with E-state index in [1.165, 1.54) is 31.4 Å². The Kier molecular flexibility index (Phi) is 7.95. The summed E-state index contributed by atoms with van der Waals surface area (Å²) in [4.78, 5) is 4.32. The lowest BCUT2D eigenvalue weighted by Gasteiger charge is -2.08. The van der Waals surface area contributed by atoms with Gasteiger partial charge in [-0.25, -0.2) is 0 Å². The second kappa shape index (κ2) is 9.06. The van der Waals surface area contributed by atoms with Crippen LogP contribution >= 0.6 is 27.7 Å². The van der Waals surface area contributed by atoms with Crippen LogP contribution in [0.4, 0.5) is 0 Å². The Morgan fingerprint density at radius 3 is 2.94 bits per heavy atom. The average Bonchev–Trinajstić information content (AvgIpc) is 2.31. The Morgan fingerprint density at radius 2 is 2.25 bits per heavy atom. The highest BCUT2D eigenvalue weighted by Gasteiger charge is 2.04. The standard InChI is InChI=1S/C13H20BrNS/c1-2-3-4-8-13(14)16-11-9-12-7-5-6-10-15-12/h5-7,10,13H,2-4,8-9,11H2,1H3. The number of aryl methyl sites for hydroxylation is 1. The summed E-state index contributed by atoms with van der Waals surface area (Å²) in [5.74, 6) is 1.15. The summed E-state index contributed by atoms with van der Waals surface area (Å²) in [5.41, 5.74) is 1.20. The van der Waals surface area contributed by atoms with Crippen molar-refractivity contribution >= 4 is 27.7 Å². The summed E-state index contributed by atoms with van der Waals surface area (Å²) < 4.78 is 0.614. The number of hydrogen-bond donors (Lipinski definition) is 0. The van der Waals surface area contributed by atoms with Crippen LogP contribution < -0.4 is 0 Å². The van der Waals surface area contributed by atoms with Crippen molar-refractivity contribution in [3.05, 3.63) is 30.1 Å². The van der Waals surface area contributed by atoms with Crippen LogP contribution in [0, 0.1) is 0 Å². The summed E-state index contributed by atoms with van der Waals surface area (Å²) in [7, 11) is 0. The average molecular weight is 302 g/mol. The molecule has 0 aliphatic rings. The first kappa shape index (κ1) is 14.0. The third kappa shape index (κ3) is 6.54. The monoisotopic (exact) mass is 301 g/mol. The molecule has 16 heavy (non-hydrogen) atoms. The summed E-state index contributed by atoms with van der Waals surface area (Å²) in [6.07, 6.45) is 8.21. The van der Waals surface area contributed by atoms with E-state index in [0.717, 1.165) is 12.2 Å². The lowest BCUT2D eigenvalue weighted by Crippen LogP contribution is -1.97. The maximum Gasteiger partial charge on any atom is 0.0600 e. The number of thioether (sulfide) groups is 1. The molecule has 1 atom stereocenters. The van der Waals surface area contributed by atoms with E-state index in [1.807, 2.05) is 24.0 Å². The van der Waals surface area contributed by atoms with Gasteiger partial charge in [0.1, 0.15) is 0 Å². The minimum atomic E-state index is 0.614. The highest BCUT2D eigenvalue weighted by molar-refractivity contribution is 9.11. The van der Waals surface area contributed by atoms with Crippen LogP contribution in [-0.2, 0) is 6.42 Å². The van der Waals surface area contributed by atoms with E-state index in [-0.39, 0.29) is 0 Å². The number of nitrogens with zero attached hydrogens (tertiary/aromatic N) is 1. The predicted molar refractivity (Wildman–Crippen MR) is 77.3 cm³/mol. The van der Waals surface area contributed by atoms with Crippen molar-refractivity contribution in [2.24, 2.45) is 0 Å². The molecule has 1 nitrogen and oxygen atoms in total. The Balaban J connectivity index is 2.06. The molecule has 1 rings (SSSR count). The molecule has 1 unspecified atom stereocenters. The van der Waals surface area contributed by atoms with Crippen LogP contribution in [0.5, 0.6) is 0 Å². The molecule has 1 aromatic rings. The number of pyridine rings is 1. The van der Waals surface area contributed by atoms with E-state index in [1.54, 1.807) is 0 Å². The molecular formula is C13H20BrNS. The minimum Gasteiger partial charge on any atom is -0.261 e. The van der Waals surface area contributed by atoms with Crippen LogP contribution in [0.25, 0.3) is 0 Å². The number of alkyl halides is 1. The number of rotatable bonds is 8. The van der Waals surface area contributed by atoms with Gasteiger partial charge in [-0.1, -0.05) is 48.2 Å². The first-order valence-electron chi connectivity index (χ1n) is 5.98. The summed E-state index contributed by atoms with van der Waals surface area (Å²) in [5, 5.41) is 0. The molecule has 0 aliphatic carbocycles. The van der Waals surface area contributed by atoms with E-state index < -0.39 is 0 Å². The van der Waals surface area contributed by atoms with Crippen molar-refractivity contribution in [1.82, 2.24) is 4.98 Å². The van der Waals surface area contributed by atoms with Gasteiger partial charge >= 0.3 is 0 Å². The maximum absolute atomic E-state index is 4.32. The van der Waals surface area contributed by atoms with Crippen molar-refractivity contribution in [2.45, 2.75) is 43.2 Å². The van der Waals surface area contributed by atoms with E-state index >= 15 is 0 Å². The summed E-state index contributed by atoms with van der Waals surface area (Å²) >= 11 is 5.72. The SMILES string of the molecule is CCCCCC(Br)SCCc1ccccn1. The van der Waals surface area contributed by atoms with E-state index in [9.17, 15) is 0 Å². The molecule has 0 aliphatic heterocycles. The molecule has 0 fully saturated rings. The number of aromatic nitrogens is 1. The number of hydrogen-bond acceptors (Lipinski definition) is 2. The fourth-order valence-corrected chi connectivity index (χ4v) is 3.28. The van der Waals surface area contributed by atoms with Gasteiger partial charge in [-0.05, 0) is 30.7 Å². The first-order valence-corrected chi connectivity index (χ1v) is 7.95. The van der Waals surface area contributed by atoms with Gasteiger partial charge in [0.05, 0.1) is 4.16 Å². The fourth-order valence-electron chi connectivity index (χ4n) is 1.48. The normalized spacial score (nSPS) is 12.6. The van der Waals surface area contributed by atoms with Gasteiger partial charge in [-0.3, -0.25) is 4.98 Å². The lowest BCUT2D eigenvalue weighted by atomic mass is 10.2. The molecule has 3 heteroatoms. The van der Waals surface area contributed by atoms with Crippen molar-refractivity contribution in [3.8, 4) is 0 Å². The van der Waals surface area contributed by atoms with Crippen molar-refractivity contribution in [3.63, 3.8) is 0 Å². The van der Waals surface area contributed by atoms with Crippen LogP contribution in [0.1, 0.15) is 38.3 Å². The van der Waals surface area contributed by atoms with E-state index in [2.05, 4.69) is 40.0 Å². The second-order valence-corrected chi connectivity index (χ2v) is 6.87. The molecule has 0 aromatic carbocycles. The Bertz CT molecular complexity index is 266. The maximum atomic E-state index is 4.32. The quantitative estimate of drug-likeness (QED) is 0.512. The van der Waals surface area contributed by atoms with Gasteiger partial charge in [0, 0.05) is 11.9 Å². The third-order valence-corrected chi connectivity index (χ3v) is 4.71. The minimum absolute atomic E-state index is 0.614. The molecule has 1 aromatic heterocycles. The topological polar surface area (TPSA) is 12.9 Å². The predicted octanol–water partition coefficient (Wildman–Crippen LogP) is 4.66. The molecule has 0 amide bonds. The summed E-state index contributed by atoms with van der Waals surface area (Å²) in [6.45, 7) is 2.25. The van der Waals surface area contributed by atoms with Crippen LogP contribution in [-0.4, -0.2) is 14.9 Å². The van der Waals surface area contributed by atoms with Gasteiger partial charge in [0.15, 0.2) is 0 Å². The van der Waals surface area contributed by atoms with Crippen molar-refractivity contribution in [1.29, 1.82) is 0 Å². The molecule has 0 radical (unpaired) electrons. The second-order valence-electron chi connectivity index (χ2n) is 3.85. The Hall–Kier alpha value is -0.0200. The van der Waals surface area contributed by atoms with Crippen molar-refractivity contribution < 1.29 is 0 Å².